The number of furan rings is 1. The zero-order valence-corrected chi connectivity index (χ0v) is 12.3. The monoisotopic (exact) mass is 309 g/mol. The molecular formula is C18H12FNO3. The fourth-order valence-corrected chi connectivity index (χ4v) is 2.53. The number of benzene rings is 2. The number of hydrogen-bond acceptors (Lipinski definition) is 4. The molecule has 1 N–H and O–H groups in total. The number of carbonyl (C=O) groups excluding carboxylic acids is 1. The van der Waals surface area contributed by atoms with E-state index in [1.165, 1.54) is 36.4 Å². The fraction of sp³-hybridized carbons (Fsp3) is 0.111. The zero-order valence-electron chi connectivity index (χ0n) is 12.3. The summed E-state index contributed by atoms with van der Waals surface area (Å²) in [7, 11) is 0. The van der Waals surface area contributed by atoms with E-state index in [1.807, 2.05) is 13.0 Å². The first-order chi connectivity index (χ1) is 11.0. The lowest BCUT2D eigenvalue weighted by Gasteiger charge is -2.03. The molecule has 114 valence electrons. The maximum absolute atomic E-state index is 13.5. The minimum Gasteiger partial charge on any atom is -0.507 e. The summed E-state index contributed by atoms with van der Waals surface area (Å²) in [6.07, 6.45) is 0.473. The molecule has 0 fully saturated rings. The summed E-state index contributed by atoms with van der Waals surface area (Å²) in [4.78, 5) is 12.8. The highest BCUT2D eigenvalue weighted by atomic mass is 19.1. The SMILES string of the molecule is CCc1oc2ccc(F)cc2c1C(=O)c1ccc(O)c(C#N)c1. The molecule has 0 saturated carbocycles. The van der Waals surface area contributed by atoms with Crippen LogP contribution in [0, 0.1) is 17.1 Å². The van der Waals surface area contributed by atoms with Gasteiger partial charge in [-0.2, -0.15) is 5.26 Å². The summed E-state index contributed by atoms with van der Waals surface area (Å²) in [6.45, 7) is 1.84. The van der Waals surface area contributed by atoms with Gasteiger partial charge in [0.15, 0.2) is 5.78 Å². The summed E-state index contributed by atoms with van der Waals surface area (Å²) < 4.78 is 19.2. The van der Waals surface area contributed by atoms with Crippen molar-refractivity contribution in [1.29, 1.82) is 5.26 Å². The molecule has 0 aliphatic heterocycles. The van der Waals surface area contributed by atoms with E-state index in [2.05, 4.69) is 0 Å². The van der Waals surface area contributed by atoms with Gasteiger partial charge in [-0.1, -0.05) is 6.92 Å². The summed E-state index contributed by atoms with van der Waals surface area (Å²) in [5.41, 5.74) is 0.969. The molecule has 0 bridgehead atoms. The lowest BCUT2D eigenvalue weighted by atomic mass is 9.98. The molecule has 0 aliphatic rings. The number of carbonyl (C=O) groups is 1. The van der Waals surface area contributed by atoms with Gasteiger partial charge in [-0.15, -0.1) is 0 Å². The van der Waals surface area contributed by atoms with Gasteiger partial charge in [0, 0.05) is 17.4 Å². The molecule has 0 unspecified atom stereocenters. The van der Waals surface area contributed by atoms with Gasteiger partial charge >= 0.3 is 0 Å². The number of aryl methyl sites for hydroxylation is 1. The summed E-state index contributed by atoms with van der Waals surface area (Å²) in [6, 6.07) is 9.88. The van der Waals surface area contributed by atoms with Crippen LogP contribution in [0.5, 0.6) is 5.75 Å². The van der Waals surface area contributed by atoms with Crippen LogP contribution in [-0.2, 0) is 6.42 Å². The molecule has 5 heteroatoms. The first kappa shape index (κ1) is 14.8. The quantitative estimate of drug-likeness (QED) is 0.744. The molecule has 23 heavy (non-hydrogen) atoms. The third-order valence-corrected chi connectivity index (χ3v) is 3.65. The van der Waals surface area contributed by atoms with Crippen molar-refractivity contribution in [2.45, 2.75) is 13.3 Å². The summed E-state index contributed by atoms with van der Waals surface area (Å²) >= 11 is 0. The van der Waals surface area contributed by atoms with E-state index in [4.69, 9.17) is 9.68 Å². The second kappa shape index (κ2) is 5.58. The number of ketones is 1. The predicted octanol–water partition coefficient (Wildman–Crippen LogP) is 3.94. The Morgan fingerprint density at radius 1 is 1.30 bits per heavy atom. The van der Waals surface area contributed by atoms with E-state index in [0.717, 1.165) is 0 Å². The smallest absolute Gasteiger partial charge is 0.197 e. The molecule has 0 radical (unpaired) electrons. The minimum atomic E-state index is -0.460. The number of hydrogen-bond donors (Lipinski definition) is 1. The van der Waals surface area contributed by atoms with Gasteiger partial charge in [0.05, 0.1) is 11.1 Å². The fourth-order valence-electron chi connectivity index (χ4n) is 2.53. The maximum Gasteiger partial charge on any atom is 0.197 e. The van der Waals surface area contributed by atoms with Crippen LogP contribution >= 0.6 is 0 Å². The van der Waals surface area contributed by atoms with Crippen LogP contribution in [0.25, 0.3) is 11.0 Å². The molecule has 0 aliphatic carbocycles. The number of phenolic OH excluding ortho intramolecular Hbond substituents is 1. The van der Waals surface area contributed by atoms with Crippen molar-refractivity contribution in [2.24, 2.45) is 0 Å². The Bertz CT molecular complexity index is 966. The molecule has 2 aromatic carbocycles. The van der Waals surface area contributed by atoms with Crippen molar-refractivity contribution in [2.75, 3.05) is 0 Å². The molecule has 0 atom stereocenters. The molecule has 0 saturated heterocycles. The molecule has 3 rings (SSSR count). The summed E-state index contributed by atoms with van der Waals surface area (Å²) in [5, 5.41) is 18.9. The van der Waals surface area contributed by atoms with Crippen LogP contribution < -0.4 is 0 Å². The van der Waals surface area contributed by atoms with Crippen LogP contribution in [-0.4, -0.2) is 10.9 Å². The Morgan fingerprint density at radius 3 is 2.78 bits per heavy atom. The van der Waals surface area contributed by atoms with E-state index in [-0.39, 0.29) is 28.2 Å². The molecular weight excluding hydrogens is 297 g/mol. The second-order valence-corrected chi connectivity index (χ2v) is 5.07. The van der Waals surface area contributed by atoms with Gasteiger partial charge in [0.2, 0.25) is 0 Å². The first-order valence-electron chi connectivity index (χ1n) is 7.04. The van der Waals surface area contributed by atoms with Crippen LogP contribution in [0.15, 0.2) is 40.8 Å². The number of nitriles is 1. The van der Waals surface area contributed by atoms with Crippen molar-refractivity contribution in [3.8, 4) is 11.8 Å². The van der Waals surface area contributed by atoms with Crippen LogP contribution in [0.2, 0.25) is 0 Å². The highest BCUT2D eigenvalue weighted by molar-refractivity contribution is 6.17. The number of fused-ring (bicyclic) bond motifs is 1. The number of halogens is 1. The van der Waals surface area contributed by atoms with Gasteiger partial charge < -0.3 is 9.52 Å². The largest absolute Gasteiger partial charge is 0.507 e. The number of rotatable bonds is 3. The molecule has 1 heterocycles. The lowest BCUT2D eigenvalue weighted by molar-refractivity contribution is 0.103. The minimum absolute atomic E-state index is 0.00730. The lowest BCUT2D eigenvalue weighted by Crippen LogP contribution is -2.04. The molecule has 0 spiro atoms. The number of aromatic hydroxyl groups is 1. The Labute approximate surface area is 131 Å². The van der Waals surface area contributed by atoms with Gasteiger partial charge in [-0.05, 0) is 36.4 Å². The van der Waals surface area contributed by atoms with Crippen LogP contribution in [0.3, 0.4) is 0 Å². The Balaban J connectivity index is 2.21. The average Bonchev–Trinajstić information content (AvgIpc) is 2.92. The van der Waals surface area contributed by atoms with E-state index >= 15 is 0 Å². The van der Waals surface area contributed by atoms with Crippen molar-refractivity contribution in [3.05, 3.63) is 64.7 Å². The van der Waals surface area contributed by atoms with Crippen LogP contribution in [0.1, 0.15) is 34.2 Å². The van der Waals surface area contributed by atoms with E-state index in [0.29, 0.717) is 23.2 Å². The van der Waals surface area contributed by atoms with Crippen molar-refractivity contribution >= 4 is 16.8 Å². The third-order valence-electron chi connectivity index (χ3n) is 3.65. The highest BCUT2D eigenvalue weighted by Crippen LogP contribution is 2.30. The van der Waals surface area contributed by atoms with Crippen molar-refractivity contribution in [3.63, 3.8) is 0 Å². The average molecular weight is 309 g/mol. The highest BCUT2D eigenvalue weighted by Gasteiger charge is 2.22. The molecule has 4 nitrogen and oxygen atoms in total. The van der Waals surface area contributed by atoms with Crippen LogP contribution in [0.4, 0.5) is 4.39 Å². The third kappa shape index (κ3) is 2.44. The van der Waals surface area contributed by atoms with Crippen molar-refractivity contribution in [1.82, 2.24) is 0 Å². The summed E-state index contributed by atoms with van der Waals surface area (Å²) in [5.74, 6) is -0.564. The standard InChI is InChI=1S/C18H12FNO3/c1-2-15-17(13-8-12(19)4-6-16(13)23-15)18(22)10-3-5-14(21)11(7-10)9-20/h3-8,21H,2H2,1H3. The molecule has 1 aromatic heterocycles. The Hall–Kier alpha value is -3.13. The second-order valence-electron chi connectivity index (χ2n) is 5.07. The maximum atomic E-state index is 13.5. The molecule has 3 aromatic rings. The Morgan fingerprint density at radius 2 is 2.09 bits per heavy atom. The normalized spacial score (nSPS) is 10.7. The predicted molar refractivity (Wildman–Crippen MR) is 81.8 cm³/mol. The van der Waals surface area contributed by atoms with Gasteiger partial charge in [0.1, 0.15) is 29.0 Å². The van der Waals surface area contributed by atoms with E-state index in [1.54, 1.807) is 0 Å². The molecule has 0 amide bonds. The Kier molecular flexibility index (Phi) is 3.59. The van der Waals surface area contributed by atoms with Gasteiger partial charge in [-0.25, -0.2) is 4.39 Å². The van der Waals surface area contributed by atoms with E-state index < -0.39 is 5.82 Å². The van der Waals surface area contributed by atoms with Gasteiger partial charge in [-0.3, -0.25) is 4.79 Å². The van der Waals surface area contributed by atoms with Gasteiger partial charge in [0.25, 0.3) is 0 Å². The first-order valence-corrected chi connectivity index (χ1v) is 7.04. The zero-order chi connectivity index (χ0) is 16.6. The van der Waals surface area contributed by atoms with E-state index in [9.17, 15) is 14.3 Å². The number of nitrogens with zero attached hydrogens (tertiary/aromatic N) is 1. The number of phenols is 1. The van der Waals surface area contributed by atoms with Crippen molar-refractivity contribution < 1.29 is 18.7 Å². The topological polar surface area (TPSA) is 74.2 Å².